The van der Waals surface area contributed by atoms with Gasteiger partial charge in [0.1, 0.15) is 5.69 Å². The minimum absolute atomic E-state index is 0.0652. The molecule has 0 saturated carbocycles. The van der Waals surface area contributed by atoms with E-state index in [0.29, 0.717) is 13.1 Å². The van der Waals surface area contributed by atoms with Crippen molar-refractivity contribution in [1.29, 1.82) is 0 Å². The molecule has 1 aliphatic rings. The number of aromatic nitrogens is 2. The Morgan fingerprint density at radius 2 is 2.10 bits per heavy atom. The first kappa shape index (κ1) is 13.8. The molecule has 6 heteroatoms. The lowest BCUT2D eigenvalue weighted by atomic mass is 10.0. The van der Waals surface area contributed by atoms with E-state index in [0.717, 1.165) is 23.5 Å². The van der Waals surface area contributed by atoms with Crippen molar-refractivity contribution in [2.45, 2.75) is 13.3 Å². The van der Waals surface area contributed by atoms with Crippen LogP contribution in [0.4, 0.5) is 10.5 Å². The summed E-state index contributed by atoms with van der Waals surface area (Å²) in [5.74, 6) is 0. The lowest BCUT2D eigenvalue weighted by Gasteiger charge is -2.26. The fourth-order valence-electron chi connectivity index (χ4n) is 2.32. The number of nitrogens with one attached hydrogen (secondary N) is 1. The van der Waals surface area contributed by atoms with E-state index >= 15 is 0 Å². The van der Waals surface area contributed by atoms with Gasteiger partial charge in [0.15, 0.2) is 0 Å². The van der Waals surface area contributed by atoms with Crippen molar-refractivity contribution in [3.63, 3.8) is 0 Å². The van der Waals surface area contributed by atoms with E-state index < -0.39 is 0 Å². The first-order chi connectivity index (χ1) is 10.2. The number of amides is 2. The fraction of sp³-hybridized carbons (Fsp3) is 0.267. The molecule has 108 valence electrons. The maximum Gasteiger partial charge on any atom is 0.322 e. The van der Waals surface area contributed by atoms with E-state index in [1.165, 1.54) is 17.3 Å². The number of hydrogen-bond acceptors (Lipinski definition) is 4. The van der Waals surface area contributed by atoms with Gasteiger partial charge in [-0.2, -0.15) is 8.75 Å². The van der Waals surface area contributed by atoms with Gasteiger partial charge in [0.25, 0.3) is 0 Å². The quantitative estimate of drug-likeness (QED) is 0.926. The van der Waals surface area contributed by atoms with E-state index in [2.05, 4.69) is 20.1 Å². The van der Waals surface area contributed by atoms with Crippen LogP contribution in [0.1, 0.15) is 17.8 Å². The van der Waals surface area contributed by atoms with Crippen molar-refractivity contribution in [2.75, 3.05) is 18.4 Å². The number of hydrogen-bond donors (Lipinski definition) is 1. The number of carbonyl (C=O) groups is 1. The van der Waals surface area contributed by atoms with Crippen LogP contribution >= 0.6 is 11.7 Å². The fourth-order valence-corrected chi connectivity index (χ4v) is 2.90. The Morgan fingerprint density at radius 3 is 2.71 bits per heavy atom. The van der Waals surface area contributed by atoms with Gasteiger partial charge in [0, 0.05) is 18.8 Å². The smallest absolute Gasteiger partial charge is 0.320 e. The molecular weight excluding hydrogens is 284 g/mol. The number of benzene rings is 1. The van der Waals surface area contributed by atoms with Gasteiger partial charge >= 0.3 is 6.03 Å². The van der Waals surface area contributed by atoms with Crippen molar-refractivity contribution in [2.24, 2.45) is 0 Å². The first-order valence-electron chi connectivity index (χ1n) is 6.83. The SMILES string of the molecule is Cc1nsnc1C1=CCN(C(=O)Nc2ccccc2)CC1. The number of anilines is 1. The highest BCUT2D eigenvalue weighted by atomic mass is 32.1. The summed E-state index contributed by atoms with van der Waals surface area (Å²) in [5.41, 5.74) is 3.94. The van der Waals surface area contributed by atoms with Crippen molar-refractivity contribution >= 4 is 29.0 Å². The van der Waals surface area contributed by atoms with Gasteiger partial charge in [-0.25, -0.2) is 4.79 Å². The Kier molecular flexibility index (Phi) is 3.96. The van der Waals surface area contributed by atoms with Gasteiger partial charge in [-0.15, -0.1) is 0 Å². The van der Waals surface area contributed by atoms with Gasteiger partial charge in [-0.1, -0.05) is 24.3 Å². The molecule has 0 fully saturated rings. The largest absolute Gasteiger partial charge is 0.322 e. The molecule has 2 aromatic rings. The molecule has 21 heavy (non-hydrogen) atoms. The van der Waals surface area contributed by atoms with Crippen LogP contribution in [0.15, 0.2) is 36.4 Å². The zero-order valence-corrected chi connectivity index (χ0v) is 12.6. The van der Waals surface area contributed by atoms with Crippen LogP contribution < -0.4 is 5.32 Å². The second-order valence-electron chi connectivity index (χ2n) is 4.92. The van der Waals surface area contributed by atoms with Crippen molar-refractivity contribution in [1.82, 2.24) is 13.6 Å². The molecular formula is C15H16N4OS. The maximum atomic E-state index is 12.2. The third kappa shape index (κ3) is 3.11. The lowest BCUT2D eigenvalue weighted by Crippen LogP contribution is -2.37. The molecule has 0 unspecified atom stereocenters. The van der Waals surface area contributed by atoms with E-state index in [4.69, 9.17) is 0 Å². The Morgan fingerprint density at radius 1 is 1.29 bits per heavy atom. The molecule has 0 bridgehead atoms. The average molecular weight is 300 g/mol. The zero-order valence-electron chi connectivity index (χ0n) is 11.7. The number of rotatable bonds is 2. The van der Waals surface area contributed by atoms with Gasteiger partial charge in [0.2, 0.25) is 0 Å². The van der Waals surface area contributed by atoms with Crippen molar-refractivity contribution in [3.05, 3.63) is 47.8 Å². The number of nitrogens with zero attached hydrogens (tertiary/aromatic N) is 3. The maximum absolute atomic E-state index is 12.2. The Balaban J connectivity index is 1.64. The standard InChI is InChI=1S/C15H16N4OS/c1-11-14(18-21-17-11)12-7-9-19(10-8-12)15(20)16-13-5-3-2-4-6-13/h2-7H,8-10H2,1H3,(H,16,20). The molecule has 0 atom stereocenters. The van der Waals surface area contributed by atoms with Crippen LogP contribution in [0.5, 0.6) is 0 Å². The highest BCUT2D eigenvalue weighted by Crippen LogP contribution is 2.23. The summed E-state index contributed by atoms with van der Waals surface area (Å²) in [6.45, 7) is 3.26. The molecule has 2 heterocycles. The molecule has 1 aromatic heterocycles. The summed E-state index contributed by atoms with van der Waals surface area (Å²) < 4.78 is 8.52. The van der Waals surface area contributed by atoms with Crippen molar-refractivity contribution in [3.8, 4) is 0 Å². The molecule has 5 nitrogen and oxygen atoms in total. The average Bonchev–Trinajstić information content (AvgIpc) is 2.94. The molecule has 2 amide bonds. The summed E-state index contributed by atoms with van der Waals surface area (Å²) in [4.78, 5) is 14.0. The molecule has 1 aliphatic heterocycles. The summed E-state index contributed by atoms with van der Waals surface area (Å²) >= 11 is 1.24. The summed E-state index contributed by atoms with van der Waals surface area (Å²) in [5, 5.41) is 2.90. The molecule has 0 spiro atoms. The minimum atomic E-state index is -0.0652. The molecule has 0 saturated heterocycles. The second-order valence-corrected chi connectivity index (χ2v) is 5.45. The summed E-state index contributed by atoms with van der Waals surface area (Å²) in [6.07, 6.45) is 2.88. The predicted octanol–water partition coefficient (Wildman–Crippen LogP) is 3.17. The molecule has 1 N–H and O–H groups in total. The summed E-state index contributed by atoms with van der Waals surface area (Å²) in [6, 6.07) is 9.44. The van der Waals surface area contributed by atoms with Crippen LogP contribution in [-0.2, 0) is 0 Å². The zero-order chi connectivity index (χ0) is 14.7. The monoisotopic (exact) mass is 300 g/mol. The highest BCUT2D eigenvalue weighted by Gasteiger charge is 2.20. The lowest BCUT2D eigenvalue weighted by molar-refractivity contribution is 0.217. The van der Waals surface area contributed by atoms with Crippen LogP contribution in [0.25, 0.3) is 5.57 Å². The van der Waals surface area contributed by atoms with Gasteiger partial charge in [0.05, 0.1) is 17.4 Å². The van der Waals surface area contributed by atoms with E-state index in [1.54, 1.807) is 4.90 Å². The van der Waals surface area contributed by atoms with E-state index in [9.17, 15) is 4.79 Å². The van der Waals surface area contributed by atoms with Crippen LogP contribution in [0.2, 0.25) is 0 Å². The topological polar surface area (TPSA) is 58.1 Å². The van der Waals surface area contributed by atoms with Crippen LogP contribution in [0, 0.1) is 6.92 Å². The molecule has 1 aromatic carbocycles. The molecule has 0 aliphatic carbocycles. The number of aryl methyl sites for hydroxylation is 1. The summed E-state index contributed by atoms with van der Waals surface area (Å²) in [7, 11) is 0. The third-order valence-electron chi connectivity index (χ3n) is 3.48. The Labute approximate surface area is 127 Å². The van der Waals surface area contributed by atoms with E-state index in [-0.39, 0.29) is 6.03 Å². The van der Waals surface area contributed by atoms with Crippen LogP contribution in [0.3, 0.4) is 0 Å². The van der Waals surface area contributed by atoms with Crippen molar-refractivity contribution < 1.29 is 4.79 Å². The first-order valence-corrected chi connectivity index (χ1v) is 7.56. The number of para-hydroxylation sites is 1. The molecule has 3 rings (SSSR count). The van der Waals surface area contributed by atoms with Gasteiger partial charge < -0.3 is 10.2 Å². The van der Waals surface area contributed by atoms with E-state index in [1.807, 2.05) is 37.3 Å². The Hall–Kier alpha value is -2.21. The Bertz CT molecular complexity index is 665. The third-order valence-corrected chi connectivity index (χ3v) is 4.10. The predicted molar refractivity (Wildman–Crippen MR) is 84.3 cm³/mol. The minimum Gasteiger partial charge on any atom is -0.320 e. The van der Waals surface area contributed by atoms with Crippen LogP contribution in [-0.4, -0.2) is 32.8 Å². The number of carbonyl (C=O) groups excluding carboxylic acids is 1. The molecule has 0 radical (unpaired) electrons. The van der Waals surface area contributed by atoms with Gasteiger partial charge in [-0.3, -0.25) is 0 Å². The normalized spacial score (nSPS) is 14.7. The second kappa shape index (κ2) is 6.05. The van der Waals surface area contributed by atoms with Gasteiger partial charge in [-0.05, 0) is 31.1 Å². The highest BCUT2D eigenvalue weighted by molar-refractivity contribution is 6.99. The number of urea groups is 1.